The van der Waals surface area contributed by atoms with Gasteiger partial charge in [0, 0.05) is 44.5 Å². The Hall–Kier alpha value is -3.49. The van der Waals surface area contributed by atoms with Gasteiger partial charge in [-0.2, -0.15) is 0 Å². The Labute approximate surface area is 255 Å². The number of piperidine rings is 2. The van der Waals surface area contributed by atoms with E-state index in [0.29, 0.717) is 58.3 Å². The van der Waals surface area contributed by atoms with E-state index >= 15 is 0 Å². The summed E-state index contributed by atoms with van der Waals surface area (Å²) in [5.74, 6) is -1.75. The molecule has 2 N–H and O–H groups in total. The average Bonchev–Trinajstić information content (AvgIpc) is 3.00. The number of allylic oxidation sites excluding steroid dienone is 1. The molecule has 0 amide bonds. The number of nitrogens with one attached hydrogen (secondary N) is 1. The number of anilines is 1. The summed E-state index contributed by atoms with van der Waals surface area (Å²) in [6, 6.07) is 17.8. The molecule has 2 saturated heterocycles. The normalized spacial score (nSPS) is 18.9. The molecule has 2 aliphatic heterocycles. The molecule has 8 heteroatoms. The number of nitrogens with zero attached hydrogens (tertiary/aromatic N) is 1. The van der Waals surface area contributed by atoms with E-state index in [1.165, 1.54) is 6.08 Å². The third kappa shape index (κ3) is 8.12. The Kier molecular flexibility index (Phi) is 10.8. The van der Waals surface area contributed by atoms with Crippen molar-refractivity contribution in [2.24, 2.45) is 11.8 Å². The van der Waals surface area contributed by atoms with Crippen molar-refractivity contribution in [2.75, 3.05) is 31.1 Å². The van der Waals surface area contributed by atoms with Crippen LogP contribution in [-0.2, 0) is 35.1 Å². The highest BCUT2D eigenvalue weighted by Crippen LogP contribution is 2.41. The molecular formula is C35H46N2O6. The Bertz CT molecular complexity index is 1270. The number of hydrogen-bond donors (Lipinski definition) is 2. The molecule has 0 radical (unpaired) electrons. The second kappa shape index (κ2) is 14.3. The van der Waals surface area contributed by atoms with E-state index in [9.17, 15) is 19.5 Å². The topological polar surface area (TPSA) is 105 Å². The first-order valence-electron chi connectivity index (χ1n) is 15.5. The van der Waals surface area contributed by atoms with Gasteiger partial charge in [0.25, 0.3) is 5.78 Å². The van der Waals surface area contributed by atoms with Gasteiger partial charge in [0.05, 0.1) is 0 Å². The lowest BCUT2D eigenvalue weighted by molar-refractivity contribution is -0.174. The van der Waals surface area contributed by atoms with Gasteiger partial charge in [0.15, 0.2) is 6.10 Å². The van der Waals surface area contributed by atoms with E-state index in [4.69, 9.17) is 9.47 Å². The molecule has 2 aliphatic rings. The molecule has 2 aromatic rings. The Morgan fingerprint density at radius 1 is 0.884 bits per heavy atom. The van der Waals surface area contributed by atoms with Crippen molar-refractivity contribution in [2.45, 2.75) is 77.1 Å². The zero-order valence-electron chi connectivity index (χ0n) is 25.9. The lowest BCUT2D eigenvalue weighted by atomic mass is 9.82. The van der Waals surface area contributed by atoms with Crippen LogP contribution in [0.15, 0.2) is 66.7 Å². The van der Waals surface area contributed by atoms with Crippen LogP contribution in [0.25, 0.3) is 0 Å². The molecule has 0 aromatic heterocycles. The van der Waals surface area contributed by atoms with Gasteiger partial charge in [-0.1, -0.05) is 76.2 Å². The molecule has 1 atom stereocenters. The molecule has 43 heavy (non-hydrogen) atoms. The van der Waals surface area contributed by atoms with Crippen LogP contribution < -0.4 is 10.2 Å². The van der Waals surface area contributed by atoms with Crippen LogP contribution in [0.5, 0.6) is 0 Å². The van der Waals surface area contributed by atoms with Crippen molar-refractivity contribution >= 4 is 23.4 Å². The number of carbonyl (C=O) groups is 3. The van der Waals surface area contributed by atoms with Crippen molar-refractivity contribution in [1.82, 2.24) is 5.32 Å². The van der Waals surface area contributed by atoms with Crippen molar-refractivity contribution in [3.8, 4) is 0 Å². The smallest absolute Gasteiger partial charge is 0.379 e. The van der Waals surface area contributed by atoms with E-state index in [2.05, 4.69) is 16.3 Å². The summed E-state index contributed by atoms with van der Waals surface area (Å²) >= 11 is 0. The molecule has 0 aliphatic carbocycles. The fraction of sp³-hybridized carbons (Fsp3) is 0.514. The van der Waals surface area contributed by atoms with E-state index in [1.54, 1.807) is 6.08 Å². The number of hydrogen-bond acceptors (Lipinski definition) is 8. The number of rotatable bonds is 11. The van der Waals surface area contributed by atoms with E-state index < -0.39 is 35.0 Å². The van der Waals surface area contributed by atoms with Gasteiger partial charge in [-0.3, -0.25) is 4.79 Å². The molecule has 2 heterocycles. The summed E-state index contributed by atoms with van der Waals surface area (Å²) in [6.45, 7) is 10.4. The van der Waals surface area contributed by atoms with Crippen LogP contribution in [0.4, 0.5) is 5.69 Å². The second-order valence-electron chi connectivity index (χ2n) is 12.6. The molecule has 0 spiro atoms. The van der Waals surface area contributed by atoms with Crippen LogP contribution >= 0.6 is 0 Å². The zero-order valence-corrected chi connectivity index (χ0v) is 25.9. The fourth-order valence-corrected chi connectivity index (χ4v) is 5.96. The van der Waals surface area contributed by atoms with Gasteiger partial charge in [-0.25, -0.2) is 9.59 Å². The lowest BCUT2D eigenvalue weighted by Gasteiger charge is -2.43. The summed E-state index contributed by atoms with van der Waals surface area (Å²) in [5.41, 5.74) is 1.03. The van der Waals surface area contributed by atoms with Crippen LogP contribution in [0.1, 0.15) is 70.9 Å². The first-order chi connectivity index (χ1) is 20.5. The lowest BCUT2D eigenvalue weighted by Crippen LogP contribution is -2.47. The van der Waals surface area contributed by atoms with Gasteiger partial charge in [-0.15, -0.1) is 0 Å². The van der Waals surface area contributed by atoms with Gasteiger partial charge in [0.1, 0.15) is 11.2 Å². The molecule has 4 rings (SSSR count). The molecule has 2 fully saturated rings. The average molecular weight is 591 g/mol. The summed E-state index contributed by atoms with van der Waals surface area (Å²) in [5, 5.41) is 13.8. The molecular weight excluding hydrogens is 544 g/mol. The van der Waals surface area contributed by atoms with E-state index in [1.807, 2.05) is 76.2 Å². The summed E-state index contributed by atoms with van der Waals surface area (Å²) in [6.07, 6.45) is 4.44. The number of ketones is 1. The highest BCUT2D eigenvalue weighted by Gasteiger charge is 2.42. The van der Waals surface area contributed by atoms with Crippen molar-refractivity contribution in [1.29, 1.82) is 0 Å². The third-order valence-corrected chi connectivity index (χ3v) is 8.40. The minimum Gasteiger partial charge on any atom is -0.452 e. The number of aliphatic hydroxyl groups excluding tert-OH is 1. The van der Waals surface area contributed by atoms with Gasteiger partial charge < -0.3 is 24.8 Å². The van der Waals surface area contributed by atoms with Crippen molar-refractivity contribution < 1.29 is 29.0 Å². The largest absolute Gasteiger partial charge is 0.452 e. The first kappa shape index (κ1) is 32.4. The monoisotopic (exact) mass is 590 g/mol. The minimum atomic E-state index is -1.16. The van der Waals surface area contributed by atoms with Crippen LogP contribution in [0.3, 0.4) is 0 Å². The Balaban J connectivity index is 1.54. The number of aliphatic hydroxyl groups is 1. The maximum absolute atomic E-state index is 13.0. The van der Waals surface area contributed by atoms with Crippen LogP contribution in [-0.4, -0.2) is 55.1 Å². The van der Waals surface area contributed by atoms with E-state index in [-0.39, 0.29) is 11.8 Å². The van der Waals surface area contributed by atoms with Gasteiger partial charge in [-0.05, 0) is 60.7 Å². The molecule has 1 unspecified atom stereocenters. The molecule has 8 nitrogen and oxygen atoms in total. The Morgan fingerprint density at radius 2 is 1.51 bits per heavy atom. The number of benzene rings is 2. The minimum absolute atomic E-state index is 0.153. The predicted molar refractivity (Wildman–Crippen MR) is 166 cm³/mol. The number of ether oxygens (including phenoxy) is 2. The van der Waals surface area contributed by atoms with Crippen molar-refractivity contribution in [3.63, 3.8) is 0 Å². The van der Waals surface area contributed by atoms with E-state index in [0.717, 1.165) is 16.8 Å². The molecule has 0 bridgehead atoms. The molecule has 2 aromatic carbocycles. The summed E-state index contributed by atoms with van der Waals surface area (Å²) in [4.78, 5) is 40.6. The first-order valence-corrected chi connectivity index (χ1v) is 15.5. The van der Waals surface area contributed by atoms with Crippen molar-refractivity contribution in [3.05, 3.63) is 77.9 Å². The number of esters is 2. The Morgan fingerprint density at radius 3 is 2.14 bits per heavy atom. The second-order valence-corrected chi connectivity index (χ2v) is 12.6. The maximum Gasteiger partial charge on any atom is 0.379 e. The SMILES string of the molecule is CC(C)/C=C\C(=O)C(=O)OC1(c2cccc(N3CCC(OC(=O)C(O)CC(C)C)(c4ccccc4)CC3)c2)CCNCC1. The standard InChI is InChI=1S/C35H46N2O6/c1-25(2)13-14-30(38)32(40)42-34(15-19-36-20-16-34)28-11-8-12-29(24-28)37-21-17-35(18-22-37,27-9-6-5-7-10-27)43-33(41)31(39)23-26(3)4/h5-14,24-26,31,36,39H,15-23H2,1-4H3/b14-13-. The molecule has 232 valence electrons. The highest BCUT2D eigenvalue weighted by molar-refractivity contribution is 6.38. The third-order valence-electron chi connectivity index (χ3n) is 8.40. The highest BCUT2D eigenvalue weighted by atomic mass is 16.6. The van der Waals surface area contributed by atoms with Gasteiger partial charge in [0.2, 0.25) is 0 Å². The molecule has 0 saturated carbocycles. The summed E-state index contributed by atoms with van der Waals surface area (Å²) in [7, 11) is 0. The zero-order chi connectivity index (χ0) is 31.0. The van der Waals surface area contributed by atoms with Crippen LogP contribution in [0.2, 0.25) is 0 Å². The van der Waals surface area contributed by atoms with Crippen LogP contribution in [0, 0.1) is 11.8 Å². The number of carbonyl (C=O) groups excluding carboxylic acids is 3. The van der Waals surface area contributed by atoms with Gasteiger partial charge >= 0.3 is 11.9 Å². The summed E-state index contributed by atoms with van der Waals surface area (Å²) < 4.78 is 12.1. The fourth-order valence-electron chi connectivity index (χ4n) is 5.96. The predicted octanol–water partition coefficient (Wildman–Crippen LogP) is 5.04. The maximum atomic E-state index is 13.0. The quantitative estimate of drug-likeness (QED) is 0.213.